The van der Waals surface area contributed by atoms with Crippen LogP contribution in [0.5, 0.6) is 0 Å². The summed E-state index contributed by atoms with van der Waals surface area (Å²) in [5, 5.41) is 14.0. The Bertz CT molecular complexity index is 1410. The number of esters is 1. The van der Waals surface area contributed by atoms with Crippen molar-refractivity contribution in [3.8, 4) is 22.5 Å². The van der Waals surface area contributed by atoms with Gasteiger partial charge < -0.3 is 14.4 Å². The molecule has 1 heterocycles. The van der Waals surface area contributed by atoms with E-state index in [4.69, 9.17) is 37.6 Å². The van der Waals surface area contributed by atoms with E-state index in [0.717, 1.165) is 16.7 Å². The van der Waals surface area contributed by atoms with E-state index in [2.05, 4.69) is 5.16 Å². The van der Waals surface area contributed by atoms with Crippen molar-refractivity contribution >= 4 is 35.1 Å². The summed E-state index contributed by atoms with van der Waals surface area (Å²) in [4.78, 5) is 23.7. The van der Waals surface area contributed by atoms with Crippen molar-refractivity contribution in [2.75, 3.05) is 0 Å². The van der Waals surface area contributed by atoms with E-state index in [-0.39, 0.29) is 12.8 Å². The molecule has 0 radical (unpaired) electrons. The minimum Gasteiger partial charge on any atom is -0.481 e. The Kier molecular flexibility index (Phi) is 7.77. The van der Waals surface area contributed by atoms with Crippen LogP contribution in [0.2, 0.25) is 10.0 Å². The Morgan fingerprint density at radius 2 is 1.67 bits per heavy atom. The highest BCUT2D eigenvalue weighted by Crippen LogP contribution is 2.35. The van der Waals surface area contributed by atoms with E-state index in [9.17, 15) is 9.59 Å². The first-order valence-corrected chi connectivity index (χ1v) is 12.0. The van der Waals surface area contributed by atoms with Gasteiger partial charge in [0.05, 0.1) is 18.5 Å². The first-order valence-electron chi connectivity index (χ1n) is 11.2. The summed E-state index contributed by atoms with van der Waals surface area (Å²) < 4.78 is 11.2. The molecule has 0 spiro atoms. The van der Waals surface area contributed by atoms with Crippen molar-refractivity contribution in [3.05, 3.63) is 99.2 Å². The number of carboxylic acids is 1. The van der Waals surface area contributed by atoms with Gasteiger partial charge >= 0.3 is 11.9 Å². The average Bonchev–Trinajstić information content (AvgIpc) is 3.19. The quantitative estimate of drug-likeness (QED) is 0.248. The smallest absolute Gasteiger partial charge is 0.311 e. The van der Waals surface area contributed by atoms with Crippen LogP contribution >= 0.6 is 23.2 Å². The van der Waals surface area contributed by atoms with Crippen LogP contribution in [0.15, 0.2) is 71.3 Å². The number of carboxylic acid groups (broad SMARTS) is 1. The second kappa shape index (κ2) is 11.0. The molecule has 184 valence electrons. The Labute approximate surface area is 218 Å². The van der Waals surface area contributed by atoms with Crippen LogP contribution < -0.4 is 0 Å². The second-order valence-electron chi connectivity index (χ2n) is 8.37. The summed E-state index contributed by atoms with van der Waals surface area (Å²) in [6.45, 7) is 3.54. The van der Waals surface area contributed by atoms with E-state index in [1.54, 1.807) is 38.1 Å². The van der Waals surface area contributed by atoms with E-state index in [1.807, 2.05) is 42.5 Å². The summed E-state index contributed by atoms with van der Waals surface area (Å²) in [7, 11) is 0. The zero-order chi connectivity index (χ0) is 25.8. The molecule has 0 aliphatic rings. The molecule has 0 aliphatic carbocycles. The predicted molar refractivity (Wildman–Crippen MR) is 138 cm³/mol. The van der Waals surface area contributed by atoms with E-state index < -0.39 is 18.0 Å². The molecule has 0 aliphatic heterocycles. The number of halogens is 2. The molecule has 0 saturated carbocycles. The third-order valence-corrected chi connectivity index (χ3v) is 6.47. The number of hydrogen-bond acceptors (Lipinski definition) is 5. The number of carbonyl (C=O) groups excluding carboxylic acids is 1. The fourth-order valence-corrected chi connectivity index (χ4v) is 4.52. The molecular formula is C28H23Cl2NO5. The lowest BCUT2D eigenvalue weighted by Crippen LogP contribution is -2.12. The molecule has 0 fully saturated rings. The van der Waals surface area contributed by atoms with Gasteiger partial charge in [0.25, 0.3) is 0 Å². The van der Waals surface area contributed by atoms with Crippen LogP contribution in [0.3, 0.4) is 0 Å². The summed E-state index contributed by atoms with van der Waals surface area (Å²) >= 11 is 12.8. The number of ether oxygens (including phenoxy) is 1. The van der Waals surface area contributed by atoms with Crippen molar-refractivity contribution in [1.82, 2.24) is 5.16 Å². The molecule has 1 N–H and O–H groups in total. The van der Waals surface area contributed by atoms with Crippen LogP contribution in [0, 0.1) is 6.92 Å². The van der Waals surface area contributed by atoms with Gasteiger partial charge in [0.15, 0.2) is 5.76 Å². The maximum Gasteiger partial charge on any atom is 0.311 e. The van der Waals surface area contributed by atoms with E-state index in [0.29, 0.717) is 38.2 Å². The van der Waals surface area contributed by atoms with Gasteiger partial charge in [-0.15, -0.1) is 0 Å². The molecule has 6 nitrogen and oxygen atoms in total. The van der Waals surface area contributed by atoms with Crippen molar-refractivity contribution in [2.45, 2.75) is 32.8 Å². The third-order valence-electron chi connectivity index (χ3n) is 5.81. The molecule has 4 aromatic rings. The Morgan fingerprint density at radius 3 is 2.33 bits per heavy atom. The fraction of sp³-hybridized carbons (Fsp3) is 0.179. The lowest BCUT2D eigenvalue weighted by Gasteiger charge is -2.15. The molecule has 8 heteroatoms. The minimum atomic E-state index is -0.884. The first-order chi connectivity index (χ1) is 17.2. The van der Waals surface area contributed by atoms with Crippen molar-refractivity contribution in [2.24, 2.45) is 0 Å². The number of benzene rings is 3. The maximum absolute atomic E-state index is 12.7. The number of aliphatic carboxylic acids is 1. The molecule has 3 aromatic carbocycles. The van der Waals surface area contributed by atoms with Crippen LogP contribution in [0.25, 0.3) is 22.5 Å². The topological polar surface area (TPSA) is 89.6 Å². The molecule has 0 unspecified atom stereocenters. The van der Waals surface area contributed by atoms with Crippen molar-refractivity contribution in [1.29, 1.82) is 0 Å². The van der Waals surface area contributed by atoms with Crippen molar-refractivity contribution < 1.29 is 24.0 Å². The van der Waals surface area contributed by atoms with Gasteiger partial charge in [0, 0.05) is 32.3 Å². The average molecular weight is 524 g/mol. The lowest BCUT2D eigenvalue weighted by atomic mass is 9.99. The van der Waals surface area contributed by atoms with E-state index >= 15 is 0 Å². The minimum absolute atomic E-state index is 0.0239. The zero-order valence-corrected chi connectivity index (χ0v) is 21.1. The van der Waals surface area contributed by atoms with E-state index in [1.165, 1.54) is 0 Å². The SMILES string of the molecule is Cc1noc(-c2ccc(-c3ccc(CC(=O)O)cc3)c(Cl)c2)c1CC(=O)O[C@H](C)c1ccccc1Cl. The number of aromatic nitrogens is 1. The Morgan fingerprint density at radius 1 is 0.972 bits per heavy atom. The molecule has 0 amide bonds. The highest BCUT2D eigenvalue weighted by molar-refractivity contribution is 6.33. The summed E-state index contributed by atoms with van der Waals surface area (Å²) in [6.07, 6.45) is -0.574. The number of hydrogen-bond donors (Lipinski definition) is 1. The van der Waals surface area contributed by atoms with Crippen molar-refractivity contribution in [3.63, 3.8) is 0 Å². The molecular weight excluding hydrogens is 501 g/mol. The van der Waals surface area contributed by atoms with Gasteiger partial charge in [0.1, 0.15) is 6.10 Å². The standard InChI is InChI=1S/C28H23Cl2NO5/c1-16-23(15-27(34)35-17(2)21-5-3-4-6-24(21)29)28(36-31-16)20-11-12-22(25(30)14-20)19-9-7-18(8-10-19)13-26(32)33/h3-12,14,17H,13,15H2,1-2H3,(H,32,33)/t17-/m1/s1. The van der Waals surface area contributed by atoms with Gasteiger partial charge in [0.2, 0.25) is 0 Å². The normalized spacial score (nSPS) is 11.8. The highest BCUT2D eigenvalue weighted by Gasteiger charge is 2.22. The van der Waals surface area contributed by atoms with Crippen LogP contribution in [-0.4, -0.2) is 22.2 Å². The zero-order valence-electron chi connectivity index (χ0n) is 19.6. The molecule has 0 saturated heterocycles. The summed E-state index contributed by atoms with van der Waals surface area (Å²) in [6, 6.07) is 19.9. The number of aryl methyl sites for hydroxylation is 1. The predicted octanol–water partition coefficient (Wildman–Crippen LogP) is 7.10. The largest absolute Gasteiger partial charge is 0.481 e. The van der Waals surface area contributed by atoms with Crippen LogP contribution in [-0.2, 0) is 27.2 Å². The molecule has 1 atom stereocenters. The van der Waals surface area contributed by atoms with Gasteiger partial charge in [-0.25, -0.2) is 0 Å². The van der Waals surface area contributed by atoms with Crippen LogP contribution in [0.1, 0.15) is 35.4 Å². The number of rotatable bonds is 8. The summed E-state index contributed by atoms with van der Waals surface area (Å²) in [5.74, 6) is -0.871. The highest BCUT2D eigenvalue weighted by atomic mass is 35.5. The summed E-state index contributed by atoms with van der Waals surface area (Å²) in [5.41, 5.74) is 4.95. The fourth-order valence-electron chi connectivity index (χ4n) is 3.94. The first kappa shape index (κ1) is 25.5. The second-order valence-corrected chi connectivity index (χ2v) is 9.18. The molecule has 0 bridgehead atoms. The molecule has 36 heavy (non-hydrogen) atoms. The number of carbonyl (C=O) groups is 2. The van der Waals surface area contributed by atoms with Gasteiger partial charge in [-0.3, -0.25) is 9.59 Å². The number of nitrogens with zero attached hydrogens (tertiary/aromatic N) is 1. The Balaban J connectivity index is 1.53. The monoisotopic (exact) mass is 523 g/mol. The van der Waals surface area contributed by atoms with Crippen LogP contribution in [0.4, 0.5) is 0 Å². The third kappa shape index (κ3) is 5.78. The van der Waals surface area contributed by atoms with Gasteiger partial charge in [-0.05, 0) is 37.1 Å². The Hall–Kier alpha value is -3.61. The van der Waals surface area contributed by atoms with Gasteiger partial charge in [-0.1, -0.05) is 83.0 Å². The maximum atomic E-state index is 12.7. The van der Waals surface area contributed by atoms with Gasteiger partial charge in [-0.2, -0.15) is 0 Å². The lowest BCUT2D eigenvalue weighted by molar-refractivity contribution is -0.147. The molecule has 4 rings (SSSR count). The molecule has 1 aromatic heterocycles.